The van der Waals surface area contributed by atoms with Gasteiger partial charge in [0.25, 0.3) is 0 Å². The van der Waals surface area contributed by atoms with E-state index in [0.29, 0.717) is 12.0 Å². The zero-order valence-corrected chi connectivity index (χ0v) is 20.8. The standard InChI is InChI=1S/C23H35N5O2.HI/c1-25-23(26-11-5-13-30-18-19-9-14-29-15-10-19)27-21-7-4-12-28(17-21)22-8-3-2-6-20(22)16-24;/h2-3,6,8,19,21H,4-5,7,9-15,17-18H2,1H3,(H2,25,26,27);1H. The van der Waals surface area contributed by atoms with Crippen LogP contribution >= 0.6 is 24.0 Å². The van der Waals surface area contributed by atoms with Crippen LogP contribution in [0, 0.1) is 17.2 Å². The molecule has 2 aliphatic heterocycles. The first kappa shape index (κ1) is 25.7. The summed E-state index contributed by atoms with van der Waals surface area (Å²) in [7, 11) is 1.81. The van der Waals surface area contributed by atoms with Crippen molar-refractivity contribution in [3.63, 3.8) is 0 Å². The van der Waals surface area contributed by atoms with Crippen molar-refractivity contribution in [3.8, 4) is 6.07 Å². The van der Waals surface area contributed by atoms with Crippen molar-refractivity contribution in [2.24, 2.45) is 10.9 Å². The summed E-state index contributed by atoms with van der Waals surface area (Å²) in [5.41, 5.74) is 1.76. The van der Waals surface area contributed by atoms with Crippen LogP contribution in [0.15, 0.2) is 29.3 Å². The van der Waals surface area contributed by atoms with Gasteiger partial charge in [0.05, 0.1) is 11.3 Å². The Morgan fingerprint density at radius 1 is 1.29 bits per heavy atom. The minimum atomic E-state index is 0. The lowest BCUT2D eigenvalue weighted by molar-refractivity contribution is 0.0203. The van der Waals surface area contributed by atoms with Crippen LogP contribution in [-0.2, 0) is 9.47 Å². The summed E-state index contributed by atoms with van der Waals surface area (Å²) in [6, 6.07) is 10.5. The van der Waals surface area contributed by atoms with Gasteiger partial charge < -0.3 is 25.0 Å². The van der Waals surface area contributed by atoms with Crippen LogP contribution in [0.5, 0.6) is 0 Å². The Labute approximate surface area is 203 Å². The van der Waals surface area contributed by atoms with Gasteiger partial charge in [0.2, 0.25) is 0 Å². The number of hydrogen-bond donors (Lipinski definition) is 2. The number of para-hydroxylation sites is 1. The fourth-order valence-corrected chi connectivity index (χ4v) is 4.09. The number of rotatable bonds is 8. The van der Waals surface area contributed by atoms with Crippen LogP contribution in [0.2, 0.25) is 0 Å². The van der Waals surface area contributed by atoms with Crippen molar-refractivity contribution < 1.29 is 9.47 Å². The third kappa shape index (κ3) is 8.47. The molecule has 31 heavy (non-hydrogen) atoms. The van der Waals surface area contributed by atoms with Gasteiger partial charge in [-0.05, 0) is 50.2 Å². The summed E-state index contributed by atoms with van der Waals surface area (Å²) in [5, 5.41) is 16.3. The molecule has 0 aliphatic carbocycles. The second kappa shape index (κ2) is 14.5. The summed E-state index contributed by atoms with van der Waals surface area (Å²) in [6.07, 6.45) is 5.38. The van der Waals surface area contributed by atoms with E-state index in [0.717, 1.165) is 95.4 Å². The van der Waals surface area contributed by atoms with Crippen molar-refractivity contribution in [1.82, 2.24) is 10.6 Å². The zero-order valence-electron chi connectivity index (χ0n) is 18.5. The van der Waals surface area contributed by atoms with Crippen LogP contribution in [0.4, 0.5) is 5.69 Å². The van der Waals surface area contributed by atoms with Crippen molar-refractivity contribution in [3.05, 3.63) is 29.8 Å². The third-order valence-corrected chi connectivity index (χ3v) is 5.80. The van der Waals surface area contributed by atoms with E-state index < -0.39 is 0 Å². The summed E-state index contributed by atoms with van der Waals surface area (Å²) in [6.45, 7) is 6.04. The highest BCUT2D eigenvalue weighted by molar-refractivity contribution is 14.0. The Bertz CT molecular complexity index is 718. The molecule has 1 aromatic rings. The van der Waals surface area contributed by atoms with Crippen molar-refractivity contribution >= 4 is 35.6 Å². The molecule has 7 nitrogen and oxygen atoms in total. The number of benzene rings is 1. The summed E-state index contributed by atoms with van der Waals surface area (Å²) in [5.74, 6) is 1.49. The van der Waals surface area contributed by atoms with Crippen molar-refractivity contribution in [1.29, 1.82) is 5.26 Å². The first-order valence-corrected chi connectivity index (χ1v) is 11.2. The highest BCUT2D eigenvalue weighted by Gasteiger charge is 2.22. The second-order valence-electron chi connectivity index (χ2n) is 8.04. The normalized spacial score (nSPS) is 19.9. The molecule has 2 aliphatic rings. The number of ether oxygens (including phenoxy) is 2. The van der Waals surface area contributed by atoms with E-state index in [1.165, 1.54) is 0 Å². The van der Waals surface area contributed by atoms with Crippen molar-refractivity contribution in [2.75, 3.05) is 58.0 Å². The van der Waals surface area contributed by atoms with E-state index in [2.05, 4.69) is 26.6 Å². The maximum Gasteiger partial charge on any atom is 0.191 e. The Kier molecular flexibility index (Phi) is 12.0. The summed E-state index contributed by atoms with van der Waals surface area (Å²) < 4.78 is 11.2. The Balaban J connectivity index is 0.00000341. The molecule has 0 aromatic heterocycles. The highest BCUT2D eigenvalue weighted by Crippen LogP contribution is 2.23. The van der Waals surface area contributed by atoms with Gasteiger partial charge in [-0.15, -0.1) is 24.0 Å². The van der Waals surface area contributed by atoms with Gasteiger partial charge >= 0.3 is 0 Å². The molecule has 8 heteroatoms. The number of aliphatic imine (C=N–C) groups is 1. The minimum Gasteiger partial charge on any atom is -0.381 e. The largest absolute Gasteiger partial charge is 0.381 e. The van der Waals surface area contributed by atoms with E-state index in [-0.39, 0.29) is 24.0 Å². The molecular weight excluding hydrogens is 505 g/mol. The van der Waals surface area contributed by atoms with Crippen LogP contribution in [0.25, 0.3) is 0 Å². The summed E-state index contributed by atoms with van der Waals surface area (Å²) in [4.78, 5) is 6.68. The number of nitrogens with zero attached hydrogens (tertiary/aromatic N) is 3. The number of halogens is 1. The van der Waals surface area contributed by atoms with E-state index in [1.807, 2.05) is 31.3 Å². The molecule has 2 saturated heterocycles. The highest BCUT2D eigenvalue weighted by atomic mass is 127. The second-order valence-corrected chi connectivity index (χ2v) is 8.04. The molecule has 0 saturated carbocycles. The van der Waals surface area contributed by atoms with E-state index in [1.54, 1.807) is 0 Å². The van der Waals surface area contributed by atoms with Crippen LogP contribution in [0.3, 0.4) is 0 Å². The number of anilines is 1. The molecule has 2 fully saturated rings. The molecule has 0 amide bonds. The number of nitrogens with one attached hydrogen (secondary N) is 2. The van der Waals surface area contributed by atoms with E-state index in [4.69, 9.17) is 9.47 Å². The van der Waals surface area contributed by atoms with Crippen LogP contribution in [0.1, 0.15) is 37.7 Å². The number of piperidine rings is 1. The van der Waals surface area contributed by atoms with E-state index in [9.17, 15) is 5.26 Å². The van der Waals surface area contributed by atoms with Gasteiger partial charge in [0.15, 0.2) is 5.96 Å². The van der Waals surface area contributed by atoms with Crippen LogP contribution < -0.4 is 15.5 Å². The quantitative estimate of drug-likeness (QED) is 0.228. The maximum atomic E-state index is 9.39. The molecule has 0 spiro atoms. The van der Waals surface area contributed by atoms with Gasteiger partial charge in [-0.25, -0.2) is 0 Å². The Morgan fingerprint density at radius 3 is 2.87 bits per heavy atom. The molecule has 2 N–H and O–H groups in total. The molecule has 172 valence electrons. The fraction of sp³-hybridized carbons (Fsp3) is 0.652. The number of nitriles is 1. The Morgan fingerprint density at radius 2 is 2.10 bits per heavy atom. The predicted octanol–water partition coefficient (Wildman–Crippen LogP) is 3.14. The Hall–Kier alpha value is -1.57. The lowest BCUT2D eigenvalue weighted by Crippen LogP contribution is -2.51. The predicted molar refractivity (Wildman–Crippen MR) is 135 cm³/mol. The van der Waals surface area contributed by atoms with Gasteiger partial charge in [0, 0.05) is 59.2 Å². The van der Waals surface area contributed by atoms with Gasteiger partial charge in [-0.3, -0.25) is 4.99 Å². The maximum absolute atomic E-state index is 9.39. The monoisotopic (exact) mass is 541 g/mol. The minimum absolute atomic E-state index is 0. The molecule has 0 radical (unpaired) electrons. The smallest absolute Gasteiger partial charge is 0.191 e. The number of hydrogen-bond acceptors (Lipinski definition) is 5. The first-order chi connectivity index (χ1) is 14.8. The topological polar surface area (TPSA) is 81.9 Å². The lowest BCUT2D eigenvalue weighted by atomic mass is 10.0. The molecule has 1 aromatic carbocycles. The average molecular weight is 541 g/mol. The van der Waals surface area contributed by atoms with Gasteiger partial charge in [-0.2, -0.15) is 5.26 Å². The fourth-order valence-electron chi connectivity index (χ4n) is 4.09. The molecule has 1 unspecified atom stereocenters. The SMILES string of the molecule is CN=C(NCCCOCC1CCOCC1)NC1CCCN(c2ccccc2C#N)C1.I. The first-order valence-electron chi connectivity index (χ1n) is 11.2. The molecule has 0 bridgehead atoms. The van der Waals surface area contributed by atoms with E-state index >= 15 is 0 Å². The molecule has 2 heterocycles. The van der Waals surface area contributed by atoms with Crippen LogP contribution in [-0.4, -0.2) is 65.1 Å². The molecule has 1 atom stereocenters. The van der Waals surface area contributed by atoms with Gasteiger partial charge in [0.1, 0.15) is 6.07 Å². The average Bonchev–Trinajstić information content (AvgIpc) is 2.81. The van der Waals surface area contributed by atoms with Crippen molar-refractivity contribution in [2.45, 2.75) is 38.1 Å². The zero-order chi connectivity index (χ0) is 21.0. The lowest BCUT2D eigenvalue weighted by Gasteiger charge is -2.35. The number of guanidine groups is 1. The molecule has 3 rings (SSSR count). The molecular formula is C23H36IN5O2. The summed E-state index contributed by atoms with van der Waals surface area (Å²) >= 11 is 0. The van der Waals surface area contributed by atoms with Gasteiger partial charge in [-0.1, -0.05) is 12.1 Å². The third-order valence-electron chi connectivity index (χ3n) is 5.80.